The molecule has 0 saturated carbocycles. The van der Waals surface area contributed by atoms with Crippen LogP contribution in [0.5, 0.6) is 5.75 Å². The predicted molar refractivity (Wildman–Crippen MR) is 96.0 cm³/mol. The van der Waals surface area contributed by atoms with Gasteiger partial charge in [-0.1, -0.05) is 6.92 Å². The van der Waals surface area contributed by atoms with Crippen molar-refractivity contribution in [3.63, 3.8) is 0 Å². The Labute approximate surface area is 147 Å². The number of nitrogens with one attached hydrogen (secondary N) is 3. The molecule has 0 saturated heterocycles. The third kappa shape index (κ3) is 4.07. The standard InChI is InChI=1S/C17H22N4O2.ClH/c1-3-11(2)23-13-6-4-12(5-7-13)19-17(22)16-14-10-18-9-8-15(14)20-21-16;/h4-7,11,18H,3,8-10H2,1-2H3,(H,19,22)(H,20,21);1H. The van der Waals surface area contributed by atoms with E-state index >= 15 is 0 Å². The molecule has 6 nitrogen and oxygen atoms in total. The smallest absolute Gasteiger partial charge is 0.276 e. The highest BCUT2D eigenvalue weighted by molar-refractivity contribution is 6.04. The highest BCUT2D eigenvalue weighted by atomic mass is 35.5. The molecular weight excluding hydrogens is 328 g/mol. The number of anilines is 1. The summed E-state index contributed by atoms with van der Waals surface area (Å²) in [5.41, 5.74) is 3.20. The first-order valence-electron chi connectivity index (χ1n) is 8.02. The molecule has 3 N–H and O–H groups in total. The maximum Gasteiger partial charge on any atom is 0.276 e. The fraction of sp³-hybridized carbons (Fsp3) is 0.412. The van der Waals surface area contributed by atoms with E-state index in [0.29, 0.717) is 12.2 Å². The van der Waals surface area contributed by atoms with Gasteiger partial charge in [0, 0.05) is 36.5 Å². The van der Waals surface area contributed by atoms with Gasteiger partial charge in [-0.25, -0.2) is 0 Å². The van der Waals surface area contributed by atoms with Crippen LogP contribution >= 0.6 is 12.4 Å². The van der Waals surface area contributed by atoms with Gasteiger partial charge in [-0.3, -0.25) is 9.89 Å². The number of hydrogen-bond donors (Lipinski definition) is 3. The lowest BCUT2D eigenvalue weighted by atomic mass is 10.1. The van der Waals surface area contributed by atoms with Gasteiger partial charge in [0.15, 0.2) is 5.69 Å². The minimum absolute atomic E-state index is 0. The maximum absolute atomic E-state index is 12.4. The molecule has 1 amide bonds. The minimum Gasteiger partial charge on any atom is -0.491 e. The summed E-state index contributed by atoms with van der Waals surface area (Å²) in [5.74, 6) is 0.612. The molecule has 0 radical (unpaired) electrons. The highest BCUT2D eigenvalue weighted by Gasteiger charge is 2.21. The van der Waals surface area contributed by atoms with Crippen molar-refractivity contribution in [1.82, 2.24) is 15.5 Å². The quantitative estimate of drug-likeness (QED) is 0.774. The second-order valence-corrected chi connectivity index (χ2v) is 5.77. The Morgan fingerprint density at radius 2 is 2.12 bits per heavy atom. The number of carbonyl (C=O) groups is 1. The Kier molecular flexibility index (Phi) is 6.23. The van der Waals surface area contributed by atoms with Crippen LogP contribution in [0.2, 0.25) is 0 Å². The van der Waals surface area contributed by atoms with E-state index in [1.807, 2.05) is 31.2 Å². The molecule has 1 aliphatic rings. The lowest BCUT2D eigenvalue weighted by molar-refractivity contribution is 0.102. The Morgan fingerprint density at radius 1 is 1.38 bits per heavy atom. The number of fused-ring (bicyclic) bond motifs is 1. The number of hydrogen-bond acceptors (Lipinski definition) is 4. The zero-order chi connectivity index (χ0) is 16.2. The SMILES string of the molecule is CCC(C)Oc1ccc(NC(=O)c2n[nH]c3c2CNCC3)cc1.Cl. The summed E-state index contributed by atoms with van der Waals surface area (Å²) in [6, 6.07) is 7.41. The summed E-state index contributed by atoms with van der Waals surface area (Å²) in [5, 5.41) is 13.3. The summed E-state index contributed by atoms with van der Waals surface area (Å²) in [6.45, 7) is 5.70. The zero-order valence-corrected chi connectivity index (χ0v) is 14.7. The van der Waals surface area contributed by atoms with Gasteiger partial charge in [0.25, 0.3) is 5.91 Å². The van der Waals surface area contributed by atoms with Crippen molar-refractivity contribution in [2.24, 2.45) is 0 Å². The van der Waals surface area contributed by atoms with Crippen LogP contribution in [0.15, 0.2) is 24.3 Å². The van der Waals surface area contributed by atoms with Crippen LogP contribution in [0.1, 0.15) is 42.0 Å². The number of amides is 1. The lowest BCUT2D eigenvalue weighted by Gasteiger charge is -2.14. The van der Waals surface area contributed by atoms with Gasteiger partial charge >= 0.3 is 0 Å². The molecule has 0 aliphatic carbocycles. The molecular formula is C17H23ClN4O2. The molecule has 0 fully saturated rings. The van der Waals surface area contributed by atoms with Gasteiger partial charge < -0.3 is 15.4 Å². The van der Waals surface area contributed by atoms with Crippen molar-refractivity contribution in [2.75, 3.05) is 11.9 Å². The zero-order valence-electron chi connectivity index (χ0n) is 13.9. The van der Waals surface area contributed by atoms with Crippen molar-refractivity contribution >= 4 is 24.0 Å². The number of rotatable bonds is 5. The van der Waals surface area contributed by atoms with E-state index in [2.05, 4.69) is 27.8 Å². The number of ether oxygens (including phenoxy) is 1. The Morgan fingerprint density at radius 3 is 2.83 bits per heavy atom. The van der Waals surface area contributed by atoms with Crippen LogP contribution in [0.3, 0.4) is 0 Å². The first-order valence-corrected chi connectivity index (χ1v) is 8.02. The number of halogens is 1. The number of carbonyl (C=O) groups excluding carboxylic acids is 1. The average molecular weight is 351 g/mol. The van der Waals surface area contributed by atoms with Crippen molar-refractivity contribution in [3.8, 4) is 5.75 Å². The Hall–Kier alpha value is -2.05. The van der Waals surface area contributed by atoms with E-state index in [1.165, 1.54) is 0 Å². The van der Waals surface area contributed by atoms with Gasteiger partial charge in [0.2, 0.25) is 0 Å². The van der Waals surface area contributed by atoms with E-state index < -0.39 is 0 Å². The number of H-pyrrole nitrogens is 1. The molecule has 7 heteroatoms. The van der Waals surface area contributed by atoms with Crippen molar-refractivity contribution in [3.05, 3.63) is 41.2 Å². The summed E-state index contributed by atoms with van der Waals surface area (Å²) < 4.78 is 5.73. The van der Waals surface area contributed by atoms with Crippen molar-refractivity contribution < 1.29 is 9.53 Å². The van der Waals surface area contributed by atoms with E-state index in [0.717, 1.165) is 42.1 Å². The third-order valence-corrected chi connectivity index (χ3v) is 4.05. The predicted octanol–water partition coefficient (Wildman–Crippen LogP) is 2.91. The number of benzene rings is 1. The van der Waals surface area contributed by atoms with Gasteiger partial charge in [0.05, 0.1) is 6.10 Å². The largest absolute Gasteiger partial charge is 0.491 e. The monoisotopic (exact) mass is 350 g/mol. The van der Waals surface area contributed by atoms with E-state index in [9.17, 15) is 4.79 Å². The first-order chi connectivity index (χ1) is 11.2. The molecule has 1 aromatic heterocycles. The van der Waals surface area contributed by atoms with Crippen molar-refractivity contribution in [1.29, 1.82) is 0 Å². The summed E-state index contributed by atoms with van der Waals surface area (Å²) in [4.78, 5) is 12.4. The molecule has 3 rings (SSSR count). The molecule has 1 aromatic carbocycles. The van der Waals surface area contributed by atoms with Crippen LogP contribution < -0.4 is 15.4 Å². The molecule has 130 valence electrons. The van der Waals surface area contributed by atoms with Gasteiger partial charge in [-0.2, -0.15) is 5.10 Å². The molecule has 0 bridgehead atoms. The first kappa shape index (κ1) is 18.3. The second-order valence-electron chi connectivity index (χ2n) is 5.77. The third-order valence-electron chi connectivity index (χ3n) is 4.05. The fourth-order valence-electron chi connectivity index (χ4n) is 2.54. The maximum atomic E-state index is 12.4. The summed E-state index contributed by atoms with van der Waals surface area (Å²) in [6.07, 6.45) is 2.01. The molecule has 1 atom stereocenters. The average Bonchev–Trinajstić information content (AvgIpc) is 3.00. The molecule has 1 aliphatic heterocycles. The number of nitrogens with zero attached hydrogens (tertiary/aromatic N) is 1. The number of aromatic nitrogens is 2. The van der Waals surface area contributed by atoms with Crippen LogP contribution in [-0.2, 0) is 13.0 Å². The van der Waals surface area contributed by atoms with E-state index in [1.54, 1.807) is 0 Å². The van der Waals surface area contributed by atoms with Crippen LogP contribution in [0, 0.1) is 0 Å². The van der Waals surface area contributed by atoms with Crippen LogP contribution in [0.25, 0.3) is 0 Å². The summed E-state index contributed by atoms with van der Waals surface area (Å²) in [7, 11) is 0. The van der Waals surface area contributed by atoms with Crippen molar-refractivity contribution in [2.45, 2.75) is 39.3 Å². The molecule has 0 spiro atoms. The second kappa shape index (κ2) is 8.17. The Bertz CT molecular complexity index is 684. The molecule has 2 heterocycles. The topological polar surface area (TPSA) is 79.0 Å². The Balaban J connectivity index is 0.00000208. The van der Waals surface area contributed by atoms with Crippen LogP contribution in [0.4, 0.5) is 5.69 Å². The lowest BCUT2D eigenvalue weighted by Crippen LogP contribution is -2.25. The summed E-state index contributed by atoms with van der Waals surface area (Å²) >= 11 is 0. The molecule has 2 aromatic rings. The molecule has 1 unspecified atom stereocenters. The normalized spacial score (nSPS) is 14.2. The highest BCUT2D eigenvalue weighted by Crippen LogP contribution is 2.20. The fourth-order valence-corrected chi connectivity index (χ4v) is 2.54. The van der Waals surface area contributed by atoms with E-state index in [-0.39, 0.29) is 24.4 Å². The van der Waals surface area contributed by atoms with Crippen LogP contribution in [-0.4, -0.2) is 28.8 Å². The van der Waals surface area contributed by atoms with Gasteiger partial charge in [0.1, 0.15) is 5.75 Å². The van der Waals surface area contributed by atoms with Gasteiger partial charge in [-0.15, -0.1) is 12.4 Å². The minimum atomic E-state index is -0.193. The number of aromatic amines is 1. The van der Waals surface area contributed by atoms with E-state index in [4.69, 9.17) is 4.74 Å². The van der Waals surface area contributed by atoms with Gasteiger partial charge in [-0.05, 0) is 37.6 Å². The molecule has 24 heavy (non-hydrogen) atoms.